The number of ether oxygens (including phenoxy) is 1. The van der Waals surface area contributed by atoms with Crippen LogP contribution in [-0.2, 0) is 6.42 Å². The fourth-order valence-corrected chi connectivity index (χ4v) is 3.44. The van der Waals surface area contributed by atoms with E-state index >= 15 is 0 Å². The number of halogens is 1. The van der Waals surface area contributed by atoms with Crippen molar-refractivity contribution in [2.24, 2.45) is 0 Å². The molecule has 0 aliphatic rings. The van der Waals surface area contributed by atoms with E-state index in [-0.39, 0.29) is 17.9 Å². The Kier molecular flexibility index (Phi) is 7.84. The highest BCUT2D eigenvalue weighted by Crippen LogP contribution is 2.26. The Morgan fingerprint density at radius 1 is 0.903 bits per heavy atom. The normalized spacial score (nSPS) is 10.6. The molecule has 2 amide bonds. The molecular formula is C25H25BrN2O3. The number of benzene rings is 3. The molecule has 0 atom stereocenters. The molecule has 0 aliphatic carbocycles. The first-order chi connectivity index (χ1) is 14.9. The predicted molar refractivity (Wildman–Crippen MR) is 127 cm³/mol. The van der Waals surface area contributed by atoms with Crippen LogP contribution in [-0.4, -0.2) is 24.5 Å². The molecule has 3 aromatic rings. The molecule has 0 saturated carbocycles. The molecule has 31 heavy (non-hydrogen) atoms. The van der Waals surface area contributed by atoms with Gasteiger partial charge in [0.1, 0.15) is 5.75 Å². The molecule has 2 N–H and O–H groups in total. The summed E-state index contributed by atoms with van der Waals surface area (Å²) in [5.41, 5.74) is 2.39. The molecule has 0 unspecified atom stereocenters. The molecule has 6 heteroatoms. The molecule has 0 aliphatic heterocycles. The van der Waals surface area contributed by atoms with Crippen LogP contribution in [0.15, 0.2) is 77.3 Å². The van der Waals surface area contributed by atoms with E-state index in [0.29, 0.717) is 29.1 Å². The van der Waals surface area contributed by atoms with Gasteiger partial charge in [-0.05, 0) is 56.2 Å². The summed E-state index contributed by atoms with van der Waals surface area (Å²) in [5, 5.41) is 5.78. The van der Waals surface area contributed by atoms with Gasteiger partial charge in [-0.25, -0.2) is 0 Å². The largest absolute Gasteiger partial charge is 0.490 e. The summed E-state index contributed by atoms with van der Waals surface area (Å²) in [7, 11) is 0. The molecule has 0 heterocycles. The number of carbonyl (C=O) groups is 2. The van der Waals surface area contributed by atoms with E-state index in [1.54, 1.807) is 36.4 Å². The highest BCUT2D eigenvalue weighted by molar-refractivity contribution is 9.10. The fourth-order valence-electron chi connectivity index (χ4n) is 3.08. The lowest BCUT2D eigenvalue weighted by Crippen LogP contribution is -2.27. The summed E-state index contributed by atoms with van der Waals surface area (Å²) >= 11 is 3.40. The van der Waals surface area contributed by atoms with E-state index in [4.69, 9.17) is 4.74 Å². The van der Waals surface area contributed by atoms with Crippen LogP contribution < -0.4 is 15.4 Å². The Labute approximate surface area is 191 Å². The first kappa shape index (κ1) is 22.6. The van der Waals surface area contributed by atoms with Crippen LogP contribution >= 0.6 is 15.9 Å². The smallest absolute Gasteiger partial charge is 0.259 e. The predicted octanol–water partition coefficient (Wildman–Crippen LogP) is 5.46. The summed E-state index contributed by atoms with van der Waals surface area (Å²) in [6.07, 6.45) is 0.657. The maximum Gasteiger partial charge on any atom is 0.259 e. The van der Waals surface area contributed by atoms with Crippen molar-refractivity contribution in [3.63, 3.8) is 0 Å². The van der Waals surface area contributed by atoms with Gasteiger partial charge in [-0.1, -0.05) is 58.4 Å². The molecule has 0 fully saturated rings. The Balaban J connectivity index is 1.72. The highest BCUT2D eigenvalue weighted by atomic mass is 79.9. The monoisotopic (exact) mass is 480 g/mol. The summed E-state index contributed by atoms with van der Waals surface area (Å²) in [4.78, 5) is 25.7. The molecule has 160 valence electrons. The number of carbonyl (C=O) groups excluding carboxylic acids is 2. The standard InChI is InChI=1S/C25H25BrN2O3/c1-17(2)31-23-13-12-19(26)16-21(23)25(30)28-22-11-7-6-10-20(22)24(29)27-15-14-18-8-4-3-5-9-18/h3-13,16-17H,14-15H2,1-2H3,(H,27,29)(H,28,30). The van der Waals surface area contributed by atoms with E-state index in [1.165, 1.54) is 0 Å². The Bertz CT molecular complexity index is 1050. The van der Waals surface area contributed by atoms with Crippen molar-refractivity contribution in [1.82, 2.24) is 5.32 Å². The van der Waals surface area contributed by atoms with Crippen LogP contribution in [0.1, 0.15) is 40.1 Å². The minimum Gasteiger partial charge on any atom is -0.490 e. The maximum atomic E-state index is 13.0. The van der Waals surface area contributed by atoms with Gasteiger partial charge in [-0.2, -0.15) is 0 Å². The van der Waals surface area contributed by atoms with E-state index in [1.807, 2.05) is 50.2 Å². The van der Waals surface area contributed by atoms with Gasteiger partial charge in [0.25, 0.3) is 11.8 Å². The van der Waals surface area contributed by atoms with Crippen LogP contribution in [0, 0.1) is 0 Å². The number of para-hydroxylation sites is 1. The van der Waals surface area contributed by atoms with Crippen molar-refractivity contribution in [2.75, 3.05) is 11.9 Å². The number of rotatable bonds is 8. The van der Waals surface area contributed by atoms with Crippen molar-refractivity contribution in [3.05, 3.63) is 94.0 Å². The third-order valence-corrected chi connectivity index (χ3v) is 5.00. The first-order valence-electron chi connectivity index (χ1n) is 10.1. The summed E-state index contributed by atoms with van der Waals surface area (Å²) < 4.78 is 6.54. The Morgan fingerprint density at radius 2 is 1.61 bits per heavy atom. The number of hydrogen-bond acceptors (Lipinski definition) is 3. The molecule has 0 saturated heterocycles. The van der Waals surface area contributed by atoms with Gasteiger partial charge < -0.3 is 15.4 Å². The van der Waals surface area contributed by atoms with Gasteiger partial charge in [0.15, 0.2) is 0 Å². The average Bonchev–Trinajstić information content (AvgIpc) is 2.75. The van der Waals surface area contributed by atoms with Crippen molar-refractivity contribution in [2.45, 2.75) is 26.4 Å². The number of amides is 2. The number of anilines is 1. The lowest BCUT2D eigenvalue weighted by molar-refractivity contribution is 0.0955. The van der Waals surface area contributed by atoms with Gasteiger partial charge in [0, 0.05) is 11.0 Å². The van der Waals surface area contributed by atoms with Crippen molar-refractivity contribution in [3.8, 4) is 5.75 Å². The van der Waals surface area contributed by atoms with Gasteiger partial charge in [0.2, 0.25) is 0 Å². The Hall–Kier alpha value is -3.12. The number of nitrogens with one attached hydrogen (secondary N) is 2. The first-order valence-corrected chi connectivity index (χ1v) is 10.9. The zero-order chi connectivity index (χ0) is 22.2. The topological polar surface area (TPSA) is 67.4 Å². The lowest BCUT2D eigenvalue weighted by atomic mass is 10.1. The molecule has 5 nitrogen and oxygen atoms in total. The van der Waals surface area contributed by atoms with Crippen molar-refractivity contribution in [1.29, 1.82) is 0 Å². The second kappa shape index (κ2) is 10.8. The van der Waals surface area contributed by atoms with E-state index < -0.39 is 0 Å². The maximum absolute atomic E-state index is 13.0. The highest BCUT2D eigenvalue weighted by Gasteiger charge is 2.18. The van der Waals surface area contributed by atoms with E-state index in [0.717, 1.165) is 16.5 Å². The van der Waals surface area contributed by atoms with E-state index in [2.05, 4.69) is 26.6 Å². The van der Waals surface area contributed by atoms with Crippen molar-refractivity contribution < 1.29 is 14.3 Å². The minimum absolute atomic E-state index is 0.0737. The van der Waals surface area contributed by atoms with Crippen LogP contribution in [0.25, 0.3) is 0 Å². The SMILES string of the molecule is CC(C)Oc1ccc(Br)cc1C(=O)Nc1ccccc1C(=O)NCCc1ccccc1. The molecule has 0 aromatic heterocycles. The van der Waals surface area contributed by atoms with Crippen LogP contribution in [0.2, 0.25) is 0 Å². The molecule has 0 spiro atoms. The van der Waals surface area contributed by atoms with Gasteiger partial charge >= 0.3 is 0 Å². The van der Waals surface area contributed by atoms with Gasteiger partial charge in [-0.3, -0.25) is 9.59 Å². The third-order valence-electron chi connectivity index (χ3n) is 4.51. The minimum atomic E-state index is -0.346. The second-order valence-corrected chi connectivity index (χ2v) is 8.21. The van der Waals surface area contributed by atoms with Gasteiger partial charge in [0.05, 0.1) is 22.9 Å². The van der Waals surface area contributed by atoms with Crippen LogP contribution in [0.5, 0.6) is 5.75 Å². The molecule has 3 aromatic carbocycles. The number of hydrogen-bond donors (Lipinski definition) is 2. The molecular weight excluding hydrogens is 456 g/mol. The Morgan fingerprint density at radius 3 is 2.35 bits per heavy atom. The average molecular weight is 481 g/mol. The summed E-state index contributed by atoms with van der Waals surface area (Å²) in [6, 6.07) is 22.2. The zero-order valence-electron chi connectivity index (χ0n) is 17.5. The molecule has 0 radical (unpaired) electrons. The fraction of sp³-hybridized carbons (Fsp3) is 0.200. The van der Waals surface area contributed by atoms with Crippen LogP contribution in [0.4, 0.5) is 5.69 Å². The lowest BCUT2D eigenvalue weighted by Gasteiger charge is -2.16. The van der Waals surface area contributed by atoms with Crippen molar-refractivity contribution >= 4 is 33.4 Å². The van der Waals surface area contributed by atoms with Gasteiger partial charge in [-0.15, -0.1) is 0 Å². The summed E-state index contributed by atoms with van der Waals surface area (Å²) in [5.74, 6) is -0.0956. The molecule has 3 rings (SSSR count). The summed E-state index contributed by atoms with van der Waals surface area (Å²) in [6.45, 7) is 4.31. The molecule has 0 bridgehead atoms. The zero-order valence-corrected chi connectivity index (χ0v) is 19.1. The third kappa shape index (κ3) is 6.43. The van der Waals surface area contributed by atoms with E-state index in [9.17, 15) is 9.59 Å². The van der Waals surface area contributed by atoms with Crippen LogP contribution in [0.3, 0.4) is 0 Å². The second-order valence-electron chi connectivity index (χ2n) is 7.30. The quantitative estimate of drug-likeness (QED) is 0.449.